The van der Waals surface area contributed by atoms with Crippen LogP contribution in [0.5, 0.6) is 17.2 Å². The number of hydrogen-bond acceptors (Lipinski definition) is 9. The zero-order valence-electron chi connectivity index (χ0n) is 18.6. The Hall–Kier alpha value is -4.61. The highest BCUT2D eigenvalue weighted by atomic mass is 16.6. The zero-order valence-corrected chi connectivity index (χ0v) is 18.6. The van der Waals surface area contributed by atoms with Gasteiger partial charge in [0.2, 0.25) is 5.95 Å². The van der Waals surface area contributed by atoms with Crippen molar-refractivity contribution in [3.63, 3.8) is 0 Å². The van der Waals surface area contributed by atoms with Gasteiger partial charge in [-0.2, -0.15) is 10.1 Å². The molecule has 12 nitrogen and oxygen atoms in total. The molecule has 1 aliphatic rings. The van der Waals surface area contributed by atoms with E-state index in [2.05, 4.69) is 20.7 Å². The van der Waals surface area contributed by atoms with E-state index >= 15 is 0 Å². The summed E-state index contributed by atoms with van der Waals surface area (Å²) in [6, 6.07) is 8.50. The third kappa shape index (κ3) is 3.96. The van der Waals surface area contributed by atoms with Crippen molar-refractivity contribution >= 4 is 23.2 Å². The van der Waals surface area contributed by atoms with Gasteiger partial charge in [0, 0.05) is 17.5 Å². The first-order chi connectivity index (χ1) is 16.3. The predicted octanol–water partition coefficient (Wildman–Crippen LogP) is 2.59. The lowest BCUT2D eigenvalue weighted by atomic mass is 9.94. The van der Waals surface area contributed by atoms with Crippen LogP contribution in [0.1, 0.15) is 25.5 Å². The van der Waals surface area contributed by atoms with Gasteiger partial charge in [-0.1, -0.05) is 12.1 Å². The van der Waals surface area contributed by atoms with Crippen LogP contribution >= 0.6 is 0 Å². The minimum absolute atomic E-state index is 0.132. The molecule has 0 saturated carbocycles. The second-order valence-electron chi connectivity index (χ2n) is 7.31. The summed E-state index contributed by atoms with van der Waals surface area (Å²) in [6.07, 6.45) is 1.30. The van der Waals surface area contributed by atoms with Crippen LogP contribution in [-0.4, -0.2) is 39.3 Å². The fourth-order valence-corrected chi connectivity index (χ4v) is 3.80. The molecule has 0 radical (unpaired) electrons. The maximum absolute atomic E-state index is 13.5. The molecule has 34 heavy (non-hydrogen) atoms. The highest BCUT2D eigenvalue weighted by Crippen LogP contribution is 2.42. The van der Waals surface area contributed by atoms with E-state index < -0.39 is 28.3 Å². The number of nitrogens with zero attached hydrogens (tertiary/aromatic N) is 4. The van der Waals surface area contributed by atoms with Gasteiger partial charge < -0.3 is 25.2 Å². The van der Waals surface area contributed by atoms with Crippen LogP contribution < -0.4 is 25.2 Å². The molecule has 1 atom stereocenters. The number of carbonyl (C=O) groups excluding carboxylic acids is 1. The largest absolute Gasteiger partial charge is 0.865 e. The van der Waals surface area contributed by atoms with E-state index in [0.29, 0.717) is 23.1 Å². The number of nitro groups is 1. The number of ether oxygens (including phenoxy) is 2. The van der Waals surface area contributed by atoms with Crippen molar-refractivity contribution in [2.45, 2.75) is 19.9 Å². The summed E-state index contributed by atoms with van der Waals surface area (Å²) in [7, 11) is 1.49. The van der Waals surface area contributed by atoms with Crippen molar-refractivity contribution in [3.05, 3.63) is 69.7 Å². The monoisotopic (exact) mass is 465 g/mol. The van der Waals surface area contributed by atoms with Crippen LogP contribution in [0.2, 0.25) is 0 Å². The van der Waals surface area contributed by atoms with Crippen molar-refractivity contribution in [3.8, 4) is 17.2 Å². The number of anilines is 2. The van der Waals surface area contributed by atoms with Gasteiger partial charge in [-0.25, -0.2) is 4.68 Å². The Balaban J connectivity index is 1.86. The highest BCUT2D eigenvalue weighted by Gasteiger charge is 2.35. The van der Waals surface area contributed by atoms with Gasteiger partial charge >= 0.3 is 0 Å². The van der Waals surface area contributed by atoms with E-state index in [0.717, 1.165) is 6.07 Å². The first kappa shape index (κ1) is 22.6. The molecule has 1 unspecified atom stereocenters. The van der Waals surface area contributed by atoms with Gasteiger partial charge in [0.1, 0.15) is 23.9 Å². The molecule has 3 aromatic rings. The summed E-state index contributed by atoms with van der Waals surface area (Å²) in [5.74, 6) is -0.727. The number of para-hydroxylation sites is 2. The molecule has 176 valence electrons. The standard InChI is InChI=1S/C22H22N6O6/c1-4-34-17-10-13(9-15(20(17)29)28(31)32)19-18(12(2)25-22-23-11-24-27(19)22)21(30)26-14-7-5-6-8-16(14)33-3/h5-11,19,29H,4H2,1-3H3,(H,26,30)(H,23,24,25)/p-1. The van der Waals surface area contributed by atoms with Crippen molar-refractivity contribution in [1.29, 1.82) is 0 Å². The van der Waals surface area contributed by atoms with Crippen LogP contribution in [0.25, 0.3) is 0 Å². The average molecular weight is 465 g/mol. The molecule has 1 amide bonds. The Kier molecular flexibility index (Phi) is 6.04. The number of carbonyl (C=O) groups is 1. The molecule has 0 saturated heterocycles. The smallest absolute Gasteiger partial charge is 0.265 e. The van der Waals surface area contributed by atoms with Gasteiger partial charge in [-0.3, -0.25) is 14.9 Å². The van der Waals surface area contributed by atoms with Crippen LogP contribution in [0.15, 0.2) is 54.0 Å². The number of amides is 1. The third-order valence-corrected chi connectivity index (χ3v) is 5.26. The Bertz CT molecular complexity index is 1300. The molecule has 1 aliphatic heterocycles. The molecular weight excluding hydrogens is 444 g/mol. The number of fused-ring (bicyclic) bond motifs is 1. The van der Waals surface area contributed by atoms with Gasteiger partial charge in [-0.15, -0.1) is 0 Å². The van der Waals surface area contributed by atoms with E-state index in [9.17, 15) is 20.0 Å². The molecule has 0 spiro atoms. The lowest BCUT2D eigenvalue weighted by molar-refractivity contribution is -0.398. The molecule has 2 N–H and O–H groups in total. The lowest BCUT2D eigenvalue weighted by Crippen LogP contribution is -2.31. The molecule has 0 aliphatic carbocycles. The van der Waals surface area contributed by atoms with E-state index in [1.54, 1.807) is 38.1 Å². The number of allylic oxidation sites excluding steroid dienone is 1. The number of methoxy groups -OCH3 is 1. The van der Waals surface area contributed by atoms with E-state index in [1.807, 2.05) is 0 Å². The predicted molar refractivity (Wildman–Crippen MR) is 120 cm³/mol. The molecule has 0 fully saturated rings. The van der Waals surface area contributed by atoms with E-state index in [-0.39, 0.29) is 23.5 Å². The van der Waals surface area contributed by atoms with Crippen molar-refractivity contribution in [2.75, 3.05) is 24.4 Å². The number of nitrogens with one attached hydrogen (secondary N) is 2. The highest BCUT2D eigenvalue weighted by molar-refractivity contribution is 6.06. The topological polar surface area (TPSA) is 157 Å². The fourth-order valence-electron chi connectivity index (χ4n) is 3.80. The summed E-state index contributed by atoms with van der Waals surface area (Å²) < 4.78 is 12.1. The molecule has 2 heterocycles. The normalized spacial score (nSPS) is 14.7. The number of benzene rings is 2. The van der Waals surface area contributed by atoms with Crippen LogP contribution in [0.4, 0.5) is 17.3 Å². The summed E-state index contributed by atoms with van der Waals surface area (Å²) in [5, 5.41) is 34.2. The van der Waals surface area contributed by atoms with Crippen molar-refractivity contribution in [1.82, 2.24) is 14.8 Å². The van der Waals surface area contributed by atoms with Gasteiger partial charge in [0.05, 0.1) is 29.9 Å². The second-order valence-corrected chi connectivity index (χ2v) is 7.31. The van der Waals surface area contributed by atoms with Crippen LogP contribution in [0, 0.1) is 10.1 Å². The summed E-state index contributed by atoms with van der Waals surface area (Å²) in [6.45, 7) is 3.48. The molecule has 1 aromatic heterocycles. The lowest BCUT2D eigenvalue weighted by Gasteiger charge is -2.29. The fraction of sp³-hybridized carbons (Fsp3) is 0.227. The van der Waals surface area contributed by atoms with Crippen LogP contribution in [0.3, 0.4) is 0 Å². The number of hydrogen-bond donors (Lipinski definition) is 2. The van der Waals surface area contributed by atoms with Crippen molar-refractivity contribution in [2.24, 2.45) is 0 Å². The maximum Gasteiger partial charge on any atom is 0.265 e. The number of nitro benzene ring substituents is 1. The zero-order chi connectivity index (χ0) is 24.4. The summed E-state index contributed by atoms with van der Waals surface area (Å²) in [5.41, 5.74) is 0.731. The summed E-state index contributed by atoms with van der Waals surface area (Å²) in [4.78, 5) is 28.5. The Labute approximate surface area is 194 Å². The van der Waals surface area contributed by atoms with E-state index in [4.69, 9.17) is 9.47 Å². The Morgan fingerprint density at radius 1 is 1.29 bits per heavy atom. The molecule has 12 heteroatoms. The SMILES string of the molecule is CCOc1cc(C2C(C(=O)Nc3ccccc3OC)=C(C)Nc3ncnn32)cc([N+](=O)[O-])c1[O-]. The van der Waals surface area contributed by atoms with Crippen molar-refractivity contribution < 1.29 is 24.3 Å². The molecule has 4 rings (SSSR count). The average Bonchev–Trinajstić information content (AvgIpc) is 3.27. The number of aromatic nitrogens is 3. The minimum Gasteiger partial charge on any atom is -0.865 e. The summed E-state index contributed by atoms with van der Waals surface area (Å²) >= 11 is 0. The first-order valence-electron chi connectivity index (χ1n) is 10.3. The van der Waals surface area contributed by atoms with Gasteiger partial charge in [0.15, 0.2) is 0 Å². The molecule has 2 aromatic carbocycles. The Morgan fingerprint density at radius 2 is 2.06 bits per heavy atom. The van der Waals surface area contributed by atoms with E-state index in [1.165, 1.54) is 24.2 Å². The molecular formula is C22H21N6O6-. The number of rotatable bonds is 7. The third-order valence-electron chi connectivity index (χ3n) is 5.26. The minimum atomic E-state index is -0.924. The molecule has 0 bridgehead atoms. The van der Waals surface area contributed by atoms with Crippen LogP contribution in [-0.2, 0) is 4.79 Å². The van der Waals surface area contributed by atoms with Gasteiger partial charge in [-0.05, 0) is 37.6 Å². The first-order valence-corrected chi connectivity index (χ1v) is 10.3. The second kappa shape index (κ2) is 9.10. The quantitative estimate of drug-likeness (QED) is 0.395. The Morgan fingerprint density at radius 3 is 2.76 bits per heavy atom. The maximum atomic E-state index is 13.5. The van der Waals surface area contributed by atoms with Gasteiger partial charge in [0.25, 0.3) is 11.6 Å².